The molecule has 2 N–H and O–H groups in total. The van der Waals surface area contributed by atoms with Gasteiger partial charge in [0.05, 0.1) is 10.7 Å². The van der Waals surface area contributed by atoms with Crippen LogP contribution >= 0.6 is 11.6 Å². The number of carbonyl (C=O) groups is 2. The molecule has 23 heavy (non-hydrogen) atoms. The quantitative estimate of drug-likeness (QED) is 0.900. The summed E-state index contributed by atoms with van der Waals surface area (Å²) in [6.45, 7) is 1.81. The molecular formula is C16H16ClN3O3. The van der Waals surface area contributed by atoms with Crippen molar-refractivity contribution < 1.29 is 14.7 Å². The second kappa shape index (κ2) is 5.70. The number of carbonyl (C=O) groups excluding carboxylic acids is 1. The molecule has 1 saturated carbocycles. The molecule has 0 aliphatic heterocycles. The van der Waals surface area contributed by atoms with Crippen LogP contribution in [-0.2, 0) is 4.79 Å². The number of amides is 1. The zero-order valence-corrected chi connectivity index (χ0v) is 13.3. The maximum Gasteiger partial charge on any atom is 0.329 e. The molecule has 1 fully saturated rings. The van der Waals surface area contributed by atoms with Crippen LogP contribution in [0.5, 0.6) is 0 Å². The van der Waals surface area contributed by atoms with Gasteiger partial charge in [-0.1, -0.05) is 23.7 Å². The van der Waals surface area contributed by atoms with Crippen molar-refractivity contribution in [1.82, 2.24) is 15.1 Å². The number of aliphatic carboxylic acids is 1. The Morgan fingerprint density at radius 2 is 2.04 bits per heavy atom. The van der Waals surface area contributed by atoms with Crippen LogP contribution in [0.15, 0.2) is 30.3 Å². The van der Waals surface area contributed by atoms with Gasteiger partial charge in [0, 0.05) is 5.69 Å². The topological polar surface area (TPSA) is 84.2 Å². The molecule has 1 amide bonds. The minimum atomic E-state index is -1.15. The summed E-state index contributed by atoms with van der Waals surface area (Å²) in [7, 11) is 0. The average Bonchev–Trinajstić information content (AvgIpc) is 2.85. The van der Waals surface area contributed by atoms with Gasteiger partial charge in [-0.25, -0.2) is 9.48 Å². The van der Waals surface area contributed by atoms with E-state index in [1.54, 1.807) is 22.9 Å². The fourth-order valence-electron chi connectivity index (χ4n) is 2.66. The van der Waals surface area contributed by atoms with Crippen molar-refractivity contribution in [1.29, 1.82) is 0 Å². The Morgan fingerprint density at radius 1 is 1.35 bits per heavy atom. The second-order valence-corrected chi connectivity index (χ2v) is 6.14. The Kier molecular flexibility index (Phi) is 3.85. The Hall–Kier alpha value is -2.34. The number of nitrogens with zero attached hydrogens (tertiary/aromatic N) is 2. The van der Waals surface area contributed by atoms with Crippen molar-refractivity contribution >= 4 is 23.5 Å². The molecule has 120 valence electrons. The van der Waals surface area contributed by atoms with Crippen LogP contribution in [0.25, 0.3) is 5.69 Å². The van der Waals surface area contributed by atoms with E-state index in [-0.39, 0.29) is 5.69 Å². The van der Waals surface area contributed by atoms with E-state index in [0.717, 1.165) is 12.1 Å². The van der Waals surface area contributed by atoms with Crippen LogP contribution in [0, 0.1) is 6.92 Å². The molecule has 1 aliphatic rings. The van der Waals surface area contributed by atoms with Gasteiger partial charge >= 0.3 is 5.97 Å². The van der Waals surface area contributed by atoms with Crippen LogP contribution in [0.4, 0.5) is 0 Å². The van der Waals surface area contributed by atoms with Gasteiger partial charge in [-0.05, 0) is 44.4 Å². The Morgan fingerprint density at radius 3 is 2.61 bits per heavy atom. The van der Waals surface area contributed by atoms with Crippen LogP contribution in [0.3, 0.4) is 0 Å². The number of aryl methyl sites for hydroxylation is 1. The number of aromatic nitrogens is 2. The summed E-state index contributed by atoms with van der Waals surface area (Å²) in [6, 6.07) is 8.80. The molecule has 0 radical (unpaired) electrons. The van der Waals surface area contributed by atoms with Gasteiger partial charge in [0.25, 0.3) is 5.91 Å². The lowest BCUT2D eigenvalue weighted by Gasteiger charge is -2.37. The molecule has 2 aromatic rings. The summed E-state index contributed by atoms with van der Waals surface area (Å²) in [5, 5.41) is 16.7. The zero-order chi connectivity index (χ0) is 16.6. The molecule has 1 aromatic carbocycles. The third-order valence-corrected chi connectivity index (χ3v) is 4.49. The molecule has 3 rings (SSSR count). The highest BCUT2D eigenvalue weighted by atomic mass is 35.5. The van der Waals surface area contributed by atoms with E-state index < -0.39 is 17.4 Å². The zero-order valence-electron chi connectivity index (χ0n) is 12.5. The summed E-state index contributed by atoms with van der Waals surface area (Å²) < 4.78 is 1.57. The van der Waals surface area contributed by atoms with Gasteiger partial charge in [0.2, 0.25) is 0 Å². The molecule has 0 atom stereocenters. The number of carboxylic acid groups (broad SMARTS) is 1. The number of para-hydroxylation sites is 1. The lowest BCUT2D eigenvalue weighted by molar-refractivity contribution is -0.148. The van der Waals surface area contributed by atoms with E-state index in [0.29, 0.717) is 23.6 Å². The maximum atomic E-state index is 12.4. The van der Waals surface area contributed by atoms with Crippen molar-refractivity contribution in [3.05, 3.63) is 46.7 Å². The van der Waals surface area contributed by atoms with E-state index in [2.05, 4.69) is 10.4 Å². The SMILES string of the molecule is Cc1cc(C(=O)NC2(C(=O)O)CCC2)nn1-c1ccccc1Cl. The normalized spacial score (nSPS) is 15.7. The number of hydrogen-bond donors (Lipinski definition) is 2. The van der Waals surface area contributed by atoms with Crippen molar-refractivity contribution in [2.75, 3.05) is 0 Å². The fraction of sp³-hybridized carbons (Fsp3) is 0.312. The summed E-state index contributed by atoms with van der Waals surface area (Å²) in [4.78, 5) is 23.7. The van der Waals surface area contributed by atoms with E-state index in [1.807, 2.05) is 19.1 Å². The van der Waals surface area contributed by atoms with Gasteiger partial charge in [0.15, 0.2) is 5.69 Å². The highest BCUT2D eigenvalue weighted by Crippen LogP contribution is 2.32. The van der Waals surface area contributed by atoms with E-state index in [1.165, 1.54) is 0 Å². The summed E-state index contributed by atoms with van der Waals surface area (Å²) in [6.07, 6.45) is 1.68. The molecule has 6 nitrogen and oxygen atoms in total. The van der Waals surface area contributed by atoms with Crippen molar-refractivity contribution in [3.8, 4) is 5.69 Å². The summed E-state index contributed by atoms with van der Waals surface area (Å²) in [5.41, 5.74) is 0.428. The predicted molar refractivity (Wildman–Crippen MR) is 85.0 cm³/mol. The van der Waals surface area contributed by atoms with Gasteiger partial charge < -0.3 is 10.4 Å². The standard InChI is InChI=1S/C16H16ClN3O3/c1-10-9-12(14(21)18-16(15(22)23)7-4-8-16)19-20(10)13-6-3-2-5-11(13)17/h2-3,5-6,9H,4,7-8H2,1H3,(H,18,21)(H,22,23). The van der Waals surface area contributed by atoms with E-state index >= 15 is 0 Å². The molecule has 1 heterocycles. The van der Waals surface area contributed by atoms with E-state index in [4.69, 9.17) is 11.6 Å². The largest absolute Gasteiger partial charge is 0.480 e. The van der Waals surface area contributed by atoms with Crippen LogP contribution in [0.2, 0.25) is 5.02 Å². The number of benzene rings is 1. The highest BCUT2D eigenvalue weighted by molar-refractivity contribution is 6.32. The number of halogens is 1. The number of carboxylic acids is 1. The second-order valence-electron chi connectivity index (χ2n) is 5.73. The third kappa shape index (κ3) is 2.70. The smallest absolute Gasteiger partial charge is 0.329 e. The average molecular weight is 334 g/mol. The monoisotopic (exact) mass is 333 g/mol. The summed E-state index contributed by atoms with van der Waals surface area (Å²) in [5.74, 6) is -1.49. The first-order valence-electron chi connectivity index (χ1n) is 7.30. The Balaban J connectivity index is 1.88. The highest BCUT2D eigenvalue weighted by Gasteiger charge is 2.46. The van der Waals surface area contributed by atoms with E-state index in [9.17, 15) is 14.7 Å². The molecule has 0 spiro atoms. The van der Waals surface area contributed by atoms with Crippen molar-refractivity contribution in [2.24, 2.45) is 0 Å². The maximum absolute atomic E-state index is 12.4. The molecule has 0 bridgehead atoms. The minimum absolute atomic E-state index is 0.176. The Bertz CT molecular complexity index is 781. The molecule has 7 heteroatoms. The first kappa shape index (κ1) is 15.6. The number of rotatable bonds is 4. The van der Waals surface area contributed by atoms with Gasteiger partial charge in [-0.3, -0.25) is 4.79 Å². The Labute approximate surface area is 138 Å². The minimum Gasteiger partial charge on any atom is -0.480 e. The van der Waals surface area contributed by atoms with Gasteiger partial charge in [-0.15, -0.1) is 0 Å². The van der Waals surface area contributed by atoms with Crippen molar-refractivity contribution in [2.45, 2.75) is 31.7 Å². The first-order chi connectivity index (χ1) is 10.9. The number of nitrogens with one attached hydrogen (secondary N) is 1. The van der Waals surface area contributed by atoms with Crippen molar-refractivity contribution in [3.63, 3.8) is 0 Å². The first-order valence-corrected chi connectivity index (χ1v) is 7.68. The van der Waals surface area contributed by atoms with Gasteiger partial charge in [-0.2, -0.15) is 5.10 Å². The van der Waals surface area contributed by atoms with Crippen LogP contribution in [-0.4, -0.2) is 32.3 Å². The van der Waals surface area contributed by atoms with Gasteiger partial charge in [0.1, 0.15) is 5.54 Å². The summed E-state index contributed by atoms with van der Waals surface area (Å²) >= 11 is 6.16. The van der Waals surface area contributed by atoms with Crippen LogP contribution < -0.4 is 5.32 Å². The number of hydrogen-bond acceptors (Lipinski definition) is 3. The lowest BCUT2D eigenvalue weighted by atomic mass is 9.76. The lowest BCUT2D eigenvalue weighted by Crippen LogP contribution is -2.59. The molecule has 1 aromatic heterocycles. The molecule has 0 unspecified atom stereocenters. The molecule has 1 aliphatic carbocycles. The predicted octanol–water partition coefficient (Wildman–Crippen LogP) is 2.57. The fourth-order valence-corrected chi connectivity index (χ4v) is 2.87. The molecular weight excluding hydrogens is 318 g/mol. The van der Waals surface area contributed by atoms with Crippen LogP contribution in [0.1, 0.15) is 35.4 Å². The molecule has 0 saturated heterocycles. The third-order valence-electron chi connectivity index (χ3n) is 4.17.